The highest BCUT2D eigenvalue weighted by molar-refractivity contribution is 7.16. The van der Waals surface area contributed by atoms with E-state index in [-0.39, 0.29) is 0 Å². The van der Waals surface area contributed by atoms with Crippen LogP contribution < -0.4 is 10.6 Å². The van der Waals surface area contributed by atoms with Crippen molar-refractivity contribution in [2.75, 3.05) is 26.2 Å². The quantitative estimate of drug-likeness (QED) is 0.660. The third kappa shape index (κ3) is 2.92. The van der Waals surface area contributed by atoms with Gasteiger partial charge in [-0.1, -0.05) is 30.3 Å². The van der Waals surface area contributed by atoms with E-state index in [2.05, 4.69) is 52.0 Å². The lowest BCUT2D eigenvalue weighted by Gasteiger charge is -2.11. The second kappa shape index (κ2) is 6.10. The van der Waals surface area contributed by atoms with Crippen LogP contribution in [-0.2, 0) is 0 Å². The number of nitrogens with one attached hydrogen (secondary N) is 2. The Bertz CT molecular complexity index is 647. The Morgan fingerprint density at radius 3 is 2.37 bits per heavy atom. The Kier molecular flexibility index (Phi) is 4.03. The maximum absolute atomic E-state index is 4.37. The number of hydrogen-bond donors (Lipinski definition) is 2. The van der Waals surface area contributed by atoms with Crippen molar-refractivity contribution in [3.63, 3.8) is 0 Å². The highest BCUT2D eigenvalue weighted by Gasteiger charge is 2.00. The third-order valence-electron chi connectivity index (χ3n) is 3.18. The van der Waals surface area contributed by atoms with E-state index in [1.165, 1.54) is 15.5 Å². The van der Waals surface area contributed by atoms with Crippen molar-refractivity contribution in [1.82, 2.24) is 15.6 Å². The minimum Gasteiger partial charge on any atom is -0.314 e. The van der Waals surface area contributed by atoms with E-state index >= 15 is 0 Å². The van der Waals surface area contributed by atoms with Gasteiger partial charge in [0.25, 0.3) is 0 Å². The maximum atomic E-state index is 4.37. The van der Waals surface area contributed by atoms with Gasteiger partial charge < -0.3 is 10.6 Å². The summed E-state index contributed by atoms with van der Waals surface area (Å²) in [5.74, 6) is 0. The molecule has 0 spiro atoms. The van der Waals surface area contributed by atoms with Crippen LogP contribution in [0, 0.1) is 0 Å². The smallest absolute Gasteiger partial charge is 0.0890 e. The minimum atomic E-state index is 1.13. The van der Waals surface area contributed by atoms with Crippen LogP contribution in [0.25, 0.3) is 21.0 Å². The molecular formula is C15H17N3S. The molecule has 3 aromatic rings. The Hall–Kier alpha value is -1.49. The van der Waals surface area contributed by atoms with Gasteiger partial charge in [-0.25, -0.2) is 4.98 Å². The number of aromatic nitrogens is 1. The van der Waals surface area contributed by atoms with Crippen molar-refractivity contribution in [2.45, 2.75) is 0 Å². The van der Waals surface area contributed by atoms with Crippen molar-refractivity contribution in [3.8, 4) is 0 Å². The number of piperazine rings is 1. The molecule has 1 fully saturated rings. The van der Waals surface area contributed by atoms with Crippen molar-refractivity contribution in [2.24, 2.45) is 0 Å². The van der Waals surface area contributed by atoms with E-state index in [9.17, 15) is 0 Å². The van der Waals surface area contributed by atoms with Gasteiger partial charge >= 0.3 is 0 Å². The molecule has 19 heavy (non-hydrogen) atoms. The summed E-state index contributed by atoms with van der Waals surface area (Å²) in [5.41, 5.74) is 3.03. The Morgan fingerprint density at radius 1 is 0.895 bits per heavy atom. The first-order chi connectivity index (χ1) is 9.45. The highest BCUT2D eigenvalue weighted by Crippen LogP contribution is 2.26. The lowest BCUT2D eigenvalue weighted by atomic mass is 10.1. The number of thiazole rings is 1. The largest absolute Gasteiger partial charge is 0.314 e. The van der Waals surface area contributed by atoms with Gasteiger partial charge in [0.1, 0.15) is 0 Å². The molecule has 2 aromatic carbocycles. The van der Waals surface area contributed by atoms with Gasteiger partial charge in [-0.2, -0.15) is 0 Å². The predicted octanol–water partition coefficient (Wildman–Crippen LogP) is 2.63. The van der Waals surface area contributed by atoms with Crippen molar-refractivity contribution < 1.29 is 0 Å². The normalized spacial score (nSPS) is 15.2. The molecule has 0 saturated carbocycles. The van der Waals surface area contributed by atoms with E-state index in [1.807, 2.05) is 5.51 Å². The fourth-order valence-corrected chi connectivity index (χ4v) is 2.90. The van der Waals surface area contributed by atoms with E-state index in [0.29, 0.717) is 0 Å². The second-order valence-corrected chi connectivity index (χ2v) is 5.37. The van der Waals surface area contributed by atoms with Crippen LogP contribution in [0.4, 0.5) is 0 Å². The van der Waals surface area contributed by atoms with Gasteiger partial charge in [-0.05, 0) is 11.5 Å². The topological polar surface area (TPSA) is 37.0 Å². The summed E-state index contributed by atoms with van der Waals surface area (Å²) in [4.78, 5) is 4.37. The Balaban J connectivity index is 0.000000155. The van der Waals surface area contributed by atoms with Crippen LogP contribution in [0.3, 0.4) is 0 Å². The molecule has 1 aromatic heterocycles. The lowest BCUT2D eigenvalue weighted by molar-refractivity contribution is 0.534. The lowest BCUT2D eigenvalue weighted by Crippen LogP contribution is -2.39. The summed E-state index contributed by atoms with van der Waals surface area (Å²) in [6.07, 6.45) is 0. The van der Waals surface area contributed by atoms with Gasteiger partial charge in [0.2, 0.25) is 0 Å². The van der Waals surface area contributed by atoms with Gasteiger partial charge in [0.15, 0.2) is 0 Å². The number of nitrogens with zero attached hydrogens (tertiary/aromatic N) is 1. The first-order valence-corrected chi connectivity index (χ1v) is 7.45. The molecule has 0 aliphatic carbocycles. The molecule has 0 unspecified atom stereocenters. The average Bonchev–Trinajstić information content (AvgIpc) is 2.99. The predicted molar refractivity (Wildman–Crippen MR) is 82.9 cm³/mol. The van der Waals surface area contributed by atoms with Crippen molar-refractivity contribution in [3.05, 3.63) is 41.9 Å². The number of rotatable bonds is 0. The molecule has 1 aliphatic rings. The average molecular weight is 271 g/mol. The molecule has 3 nitrogen and oxygen atoms in total. The standard InChI is InChI=1S/C11H7NS.C4H10N2/c1-2-4-9-8(3-1)5-6-10-11(9)12-7-13-10;1-2-6-4-3-5-1/h1-7H;5-6H,1-4H2. The number of fused-ring (bicyclic) bond motifs is 3. The summed E-state index contributed by atoms with van der Waals surface area (Å²) < 4.78 is 1.26. The van der Waals surface area contributed by atoms with Gasteiger partial charge in [-0.3, -0.25) is 0 Å². The maximum Gasteiger partial charge on any atom is 0.0890 e. The zero-order valence-corrected chi connectivity index (χ0v) is 11.5. The van der Waals surface area contributed by atoms with Crippen LogP contribution in [0.1, 0.15) is 0 Å². The third-order valence-corrected chi connectivity index (χ3v) is 3.98. The summed E-state index contributed by atoms with van der Waals surface area (Å²) in [6.45, 7) is 4.56. The van der Waals surface area contributed by atoms with E-state index in [4.69, 9.17) is 0 Å². The molecule has 1 saturated heterocycles. The summed E-state index contributed by atoms with van der Waals surface area (Å²) in [6, 6.07) is 12.6. The van der Waals surface area contributed by atoms with E-state index in [1.54, 1.807) is 11.3 Å². The second-order valence-electron chi connectivity index (χ2n) is 4.49. The Labute approximate surface area is 116 Å². The summed E-state index contributed by atoms with van der Waals surface area (Å²) >= 11 is 1.69. The fraction of sp³-hybridized carbons (Fsp3) is 0.267. The van der Waals surface area contributed by atoms with Gasteiger partial charge in [-0.15, -0.1) is 11.3 Å². The number of hydrogen-bond acceptors (Lipinski definition) is 4. The fourth-order valence-electron chi connectivity index (χ4n) is 2.20. The van der Waals surface area contributed by atoms with Crippen LogP contribution in [0.15, 0.2) is 41.9 Å². The molecule has 0 atom stereocenters. The minimum absolute atomic E-state index is 1.13. The molecule has 4 heteroatoms. The zero-order chi connectivity index (χ0) is 12.9. The van der Waals surface area contributed by atoms with Crippen molar-refractivity contribution in [1.29, 1.82) is 0 Å². The first kappa shape index (κ1) is 12.5. The molecule has 4 rings (SSSR count). The van der Waals surface area contributed by atoms with Crippen LogP contribution in [0.5, 0.6) is 0 Å². The monoisotopic (exact) mass is 271 g/mol. The summed E-state index contributed by atoms with van der Waals surface area (Å²) in [7, 11) is 0. The van der Waals surface area contributed by atoms with Crippen LogP contribution in [0.2, 0.25) is 0 Å². The van der Waals surface area contributed by atoms with Crippen LogP contribution in [-0.4, -0.2) is 31.2 Å². The molecule has 98 valence electrons. The molecular weight excluding hydrogens is 254 g/mol. The summed E-state index contributed by atoms with van der Waals surface area (Å²) in [5, 5.41) is 8.96. The zero-order valence-electron chi connectivity index (χ0n) is 10.7. The van der Waals surface area contributed by atoms with Gasteiger partial charge in [0.05, 0.1) is 15.7 Å². The SMILES string of the molecule is C1CNCCN1.c1ccc2c(c1)ccc1scnc12. The first-order valence-electron chi connectivity index (χ1n) is 6.57. The van der Waals surface area contributed by atoms with E-state index in [0.717, 1.165) is 31.7 Å². The molecule has 0 bridgehead atoms. The van der Waals surface area contributed by atoms with Gasteiger partial charge in [0, 0.05) is 31.6 Å². The molecule has 0 amide bonds. The Morgan fingerprint density at radius 2 is 1.63 bits per heavy atom. The molecule has 2 N–H and O–H groups in total. The van der Waals surface area contributed by atoms with E-state index < -0.39 is 0 Å². The van der Waals surface area contributed by atoms with Crippen LogP contribution >= 0.6 is 11.3 Å². The highest BCUT2D eigenvalue weighted by atomic mass is 32.1. The molecule has 2 heterocycles. The molecule has 1 aliphatic heterocycles. The number of benzene rings is 2. The van der Waals surface area contributed by atoms with Crippen molar-refractivity contribution >= 4 is 32.3 Å². The molecule has 0 radical (unpaired) electrons.